The van der Waals surface area contributed by atoms with E-state index in [4.69, 9.17) is 0 Å². The Bertz CT molecular complexity index is 579. The van der Waals surface area contributed by atoms with E-state index >= 15 is 0 Å². The number of aliphatic hydroxyl groups is 1. The van der Waals surface area contributed by atoms with Crippen LogP contribution in [0.3, 0.4) is 0 Å². The second kappa shape index (κ2) is 5.21. The van der Waals surface area contributed by atoms with Crippen molar-refractivity contribution in [2.24, 2.45) is 0 Å². The Morgan fingerprint density at radius 2 is 1.83 bits per heavy atom. The van der Waals surface area contributed by atoms with Gasteiger partial charge in [0.25, 0.3) is 0 Å². The quantitative estimate of drug-likeness (QED) is 0.877. The molecule has 0 amide bonds. The highest BCUT2D eigenvalue weighted by Crippen LogP contribution is 2.30. The summed E-state index contributed by atoms with van der Waals surface area (Å²) in [4.78, 5) is 0. The second-order valence-electron chi connectivity index (χ2n) is 4.36. The maximum absolute atomic E-state index is 13.3. The van der Waals surface area contributed by atoms with E-state index in [2.05, 4.69) is 15.9 Å². The monoisotopic (exact) mass is 308 g/mol. The zero-order chi connectivity index (χ0) is 13.3. The zero-order valence-corrected chi connectivity index (χ0v) is 11.8. The van der Waals surface area contributed by atoms with E-state index in [0.29, 0.717) is 5.56 Å². The molecule has 0 heterocycles. The minimum absolute atomic E-state index is 0.331. The number of rotatable bonds is 2. The summed E-state index contributed by atoms with van der Waals surface area (Å²) >= 11 is 3.43. The van der Waals surface area contributed by atoms with Crippen LogP contribution in [0.25, 0.3) is 0 Å². The Balaban J connectivity index is 2.51. The third-order valence-corrected chi connectivity index (χ3v) is 4.00. The zero-order valence-electron chi connectivity index (χ0n) is 10.2. The van der Waals surface area contributed by atoms with Crippen LogP contribution in [0.2, 0.25) is 0 Å². The van der Waals surface area contributed by atoms with Gasteiger partial charge in [-0.25, -0.2) is 4.39 Å². The van der Waals surface area contributed by atoms with Crippen molar-refractivity contribution < 1.29 is 9.50 Å². The lowest BCUT2D eigenvalue weighted by molar-refractivity contribution is 0.218. The van der Waals surface area contributed by atoms with E-state index < -0.39 is 6.10 Å². The standard InChI is InChI=1S/C15H14BrFO/c1-9-6-7-11(17)8-13(9)15(18)12-4-3-5-14(16)10(12)2/h3-8,15,18H,1-2H3. The molecule has 0 aliphatic heterocycles. The van der Waals surface area contributed by atoms with E-state index in [1.54, 1.807) is 6.07 Å². The molecule has 2 aromatic carbocycles. The van der Waals surface area contributed by atoms with Crippen molar-refractivity contribution in [1.82, 2.24) is 0 Å². The molecule has 0 radical (unpaired) electrons. The molecule has 0 saturated carbocycles. The van der Waals surface area contributed by atoms with Gasteiger partial charge in [-0.1, -0.05) is 34.1 Å². The average Bonchev–Trinajstić information content (AvgIpc) is 2.35. The summed E-state index contributed by atoms with van der Waals surface area (Å²) in [6, 6.07) is 10.1. The predicted molar refractivity (Wildman–Crippen MR) is 74.1 cm³/mol. The minimum atomic E-state index is -0.807. The van der Waals surface area contributed by atoms with Crippen LogP contribution in [0.1, 0.15) is 28.4 Å². The lowest BCUT2D eigenvalue weighted by Crippen LogP contribution is -2.05. The highest BCUT2D eigenvalue weighted by atomic mass is 79.9. The first-order chi connectivity index (χ1) is 8.50. The Morgan fingerprint density at radius 1 is 1.11 bits per heavy atom. The third kappa shape index (κ3) is 2.47. The topological polar surface area (TPSA) is 20.2 Å². The van der Waals surface area contributed by atoms with Crippen LogP contribution >= 0.6 is 15.9 Å². The molecule has 0 bridgehead atoms. The third-order valence-electron chi connectivity index (χ3n) is 3.14. The summed E-state index contributed by atoms with van der Waals surface area (Å²) in [6.45, 7) is 3.79. The molecular formula is C15H14BrFO. The number of hydrogen-bond acceptors (Lipinski definition) is 1. The smallest absolute Gasteiger partial charge is 0.123 e. The number of benzene rings is 2. The van der Waals surface area contributed by atoms with E-state index in [1.165, 1.54) is 12.1 Å². The minimum Gasteiger partial charge on any atom is -0.384 e. The summed E-state index contributed by atoms with van der Waals surface area (Å²) < 4.78 is 14.2. The molecule has 2 aromatic rings. The van der Waals surface area contributed by atoms with Crippen molar-refractivity contribution in [2.45, 2.75) is 20.0 Å². The number of aryl methyl sites for hydroxylation is 1. The molecular weight excluding hydrogens is 295 g/mol. The van der Waals surface area contributed by atoms with Crippen molar-refractivity contribution in [3.63, 3.8) is 0 Å². The molecule has 2 rings (SSSR count). The van der Waals surface area contributed by atoms with E-state index in [1.807, 2.05) is 32.0 Å². The van der Waals surface area contributed by atoms with Crippen LogP contribution < -0.4 is 0 Å². The summed E-state index contributed by atoms with van der Waals surface area (Å²) in [5.74, 6) is -0.331. The van der Waals surface area contributed by atoms with E-state index in [-0.39, 0.29) is 5.82 Å². The van der Waals surface area contributed by atoms with Gasteiger partial charge in [-0.2, -0.15) is 0 Å². The molecule has 0 aliphatic carbocycles. The molecule has 0 spiro atoms. The van der Waals surface area contributed by atoms with Gasteiger partial charge >= 0.3 is 0 Å². The molecule has 1 unspecified atom stereocenters. The Labute approximate surface area is 114 Å². The fourth-order valence-corrected chi connectivity index (χ4v) is 2.38. The molecule has 0 aliphatic rings. The van der Waals surface area contributed by atoms with Crippen molar-refractivity contribution in [1.29, 1.82) is 0 Å². The lowest BCUT2D eigenvalue weighted by Gasteiger charge is -2.17. The van der Waals surface area contributed by atoms with Gasteiger partial charge in [-0.3, -0.25) is 0 Å². The van der Waals surface area contributed by atoms with Crippen molar-refractivity contribution in [2.75, 3.05) is 0 Å². The molecule has 1 N–H and O–H groups in total. The van der Waals surface area contributed by atoms with E-state index in [9.17, 15) is 9.50 Å². The average molecular weight is 309 g/mol. The molecule has 94 valence electrons. The molecule has 1 nitrogen and oxygen atoms in total. The summed E-state index contributed by atoms with van der Waals surface area (Å²) in [5, 5.41) is 10.4. The largest absolute Gasteiger partial charge is 0.384 e. The second-order valence-corrected chi connectivity index (χ2v) is 5.21. The predicted octanol–water partition coefficient (Wildman–Crippen LogP) is 4.29. The van der Waals surface area contributed by atoms with Crippen LogP contribution in [-0.4, -0.2) is 5.11 Å². The number of hydrogen-bond donors (Lipinski definition) is 1. The highest BCUT2D eigenvalue weighted by Gasteiger charge is 2.16. The van der Waals surface area contributed by atoms with E-state index in [0.717, 1.165) is 21.2 Å². The van der Waals surface area contributed by atoms with Crippen LogP contribution in [-0.2, 0) is 0 Å². The van der Waals surface area contributed by atoms with Crippen LogP contribution in [0.4, 0.5) is 4.39 Å². The maximum atomic E-state index is 13.3. The van der Waals surface area contributed by atoms with Gasteiger partial charge in [0.2, 0.25) is 0 Å². The number of aliphatic hydroxyl groups excluding tert-OH is 1. The molecule has 0 saturated heterocycles. The van der Waals surface area contributed by atoms with Crippen LogP contribution in [0.15, 0.2) is 40.9 Å². The maximum Gasteiger partial charge on any atom is 0.123 e. The van der Waals surface area contributed by atoms with Crippen LogP contribution in [0, 0.1) is 19.7 Å². The van der Waals surface area contributed by atoms with Gasteiger partial charge in [0.05, 0.1) is 0 Å². The first-order valence-electron chi connectivity index (χ1n) is 5.70. The van der Waals surface area contributed by atoms with Gasteiger partial charge in [-0.05, 0) is 54.3 Å². The highest BCUT2D eigenvalue weighted by molar-refractivity contribution is 9.10. The summed E-state index contributed by atoms with van der Waals surface area (Å²) in [5.41, 5.74) is 3.24. The van der Waals surface area contributed by atoms with Gasteiger partial charge in [0, 0.05) is 4.47 Å². The Hall–Kier alpha value is -1.19. The molecule has 0 aromatic heterocycles. The summed E-state index contributed by atoms with van der Waals surface area (Å²) in [6.07, 6.45) is -0.807. The lowest BCUT2D eigenvalue weighted by atomic mass is 9.94. The van der Waals surface area contributed by atoms with Crippen molar-refractivity contribution in [3.8, 4) is 0 Å². The van der Waals surface area contributed by atoms with Gasteiger partial charge in [0.1, 0.15) is 11.9 Å². The van der Waals surface area contributed by atoms with Crippen molar-refractivity contribution in [3.05, 3.63) is 68.9 Å². The van der Waals surface area contributed by atoms with Crippen molar-refractivity contribution >= 4 is 15.9 Å². The fraction of sp³-hybridized carbons (Fsp3) is 0.200. The molecule has 0 fully saturated rings. The molecule has 1 atom stereocenters. The molecule has 18 heavy (non-hydrogen) atoms. The van der Waals surface area contributed by atoms with Gasteiger partial charge in [0.15, 0.2) is 0 Å². The SMILES string of the molecule is Cc1ccc(F)cc1C(O)c1cccc(Br)c1C. The molecule has 3 heteroatoms. The summed E-state index contributed by atoms with van der Waals surface area (Å²) in [7, 11) is 0. The van der Waals surface area contributed by atoms with Gasteiger partial charge < -0.3 is 5.11 Å². The first-order valence-corrected chi connectivity index (χ1v) is 6.49. The first kappa shape index (κ1) is 13.2. The Morgan fingerprint density at radius 3 is 2.56 bits per heavy atom. The number of halogens is 2. The van der Waals surface area contributed by atoms with Gasteiger partial charge in [-0.15, -0.1) is 0 Å². The fourth-order valence-electron chi connectivity index (χ4n) is 1.99. The van der Waals surface area contributed by atoms with Crippen LogP contribution in [0.5, 0.6) is 0 Å². The Kier molecular flexibility index (Phi) is 3.83. The normalized spacial score (nSPS) is 12.5.